The van der Waals surface area contributed by atoms with E-state index in [0.29, 0.717) is 11.4 Å². The van der Waals surface area contributed by atoms with Gasteiger partial charge in [-0.05, 0) is 18.2 Å². The van der Waals surface area contributed by atoms with Crippen molar-refractivity contribution >= 4 is 5.69 Å². The zero-order valence-electron chi connectivity index (χ0n) is 8.98. The second kappa shape index (κ2) is 4.08. The van der Waals surface area contributed by atoms with Crippen LogP contribution in [0.5, 0.6) is 5.75 Å². The molecule has 1 atom stereocenters. The molecule has 1 heterocycles. The lowest BCUT2D eigenvalue weighted by Gasteiger charge is -2.13. The van der Waals surface area contributed by atoms with Crippen LogP contribution in [0.4, 0.5) is 5.69 Å². The molecule has 0 radical (unpaired) electrons. The first kappa shape index (κ1) is 10.1. The minimum Gasteiger partial charge on any atom is -0.458 e. The number of rotatable bonds is 2. The number of benzene rings is 2. The fourth-order valence-corrected chi connectivity index (χ4v) is 1.77. The lowest BCUT2D eigenvalue weighted by atomic mass is 10.2. The van der Waals surface area contributed by atoms with Crippen LogP contribution in [-0.2, 0) is 4.84 Å². The maximum Gasteiger partial charge on any atom is 0.254 e. The van der Waals surface area contributed by atoms with Gasteiger partial charge in [0, 0.05) is 0 Å². The lowest BCUT2D eigenvalue weighted by molar-refractivity contribution is -0.144. The summed E-state index contributed by atoms with van der Waals surface area (Å²) in [6, 6.07) is 16.7. The van der Waals surface area contributed by atoms with Crippen LogP contribution in [0.2, 0.25) is 0 Å². The van der Waals surface area contributed by atoms with Gasteiger partial charge >= 0.3 is 0 Å². The monoisotopic (exact) mass is 229 g/mol. The van der Waals surface area contributed by atoms with Crippen LogP contribution in [0.25, 0.3) is 0 Å². The highest BCUT2D eigenvalue weighted by atomic mass is 16.9. The van der Waals surface area contributed by atoms with E-state index in [9.17, 15) is 5.21 Å². The Balaban J connectivity index is 1.87. The van der Waals surface area contributed by atoms with Gasteiger partial charge < -0.3 is 4.74 Å². The minimum atomic E-state index is -0.612. The van der Waals surface area contributed by atoms with Crippen molar-refractivity contribution < 1.29 is 14.8 Å². The summed E-state index contributed by atoms with van der Waals surface area (Å²) in [6.07, 6.45) is -0.612. The topological polar surface area (TPSA) is 41.9 Å². The SMILES string of the molecule is ON1OC(Oc2ccccc2)c2ccccc21. The molecule has 2 aromatic rings. The standard InChI is InChI=1S/C13H11NO3/c15-14-12-9-5-4-8-11(12)13(17-14)16-10-6-2-1-3-7-10/h1-9,13,15H. The van der Waals surface area contributed by atoms with Gasteiger partial charge in [0.15, 0.2) is 0 Å². The van der Waals surface area contributed by atoms with Gasteiger partial charge in [0.05, 0.1) is 5.56 Å². The molecule has 1 aliphatic rings. The van der Waals surface area contributed by atoms with Crippen LogP contribution in [-0.4, -0.2) is 5.21 Å². The summed E-state index contributed by atoms with van der Waals surface area (Å²) in [5.41, 5.74) is 1.41. The molecule has 3 rings (SSSR count). The Morgan fingerprint density at radius 2 is 1.71 bits per heavy atom. The van der Waals surface area contributed by atoms with Crippen LogP contribution >= 0.6 is 0 Å². The average Bonchev–Trinajstić information content (AvgIpc) is 2.69. The molecule has 1 aliphatic heterocycles. The second-order valence-corrected chi connectivity index (χ2v) is 3.70. The van der Waals surface area contributed by atoms with E-state index in [1.807, 2.05) is 48.5 Å². The molecular formula is C13H11NO3. The van der Waals surface area contributed by atoms with Crippen molar-refractivity contribution in [2.75, 3.05) is 5.23 Å². The van der Waals surface area contributed by atoms with Gasteiger partial charge in [-0.15, -0.1) is 5.23 Å². The summed E-state index contributed by atoms with van der Waals surface area (Å²) in [5, 5.41) is 10.3. The average molecular weight is 229 g/mol. The Morgan fingerprint density at radius 1 is 1.00 bits per heavy atom. The van der Waals surface area contributed by atoms with Crippen LogP contribution < -0.4 is 9.96 Å². The molecule has 4 heteroatoms. The van der Waals surface area contributed by atoms with E-state index in [0.717, 1.165) is 10.8 Å². The molecule has 0 saturated carbocycles. The molecule has 0 aliphatic carbocycles. The van der Waals surface area contributed by atoms with Crippen molar-refractivity contribution in [2.24, 2.45) is 0 Å². The number of ether oxygens (including phenoxy) is 1. The van der Waals surface area contributed by atoms with Gasteiger partial charge in [-0.2, -0.15) is 4.84 Å². The van der Waals surface area contributed by atoms with E-state index in [1.165, 1.54) is 0 Å². The lowest BCUT2D eigenvalue weighted by Crippen LogP contribution is -2.15. The van der Waals surface area contributed by atoms with Gasteiger partial charge in [-0.3, -0.25) is 5.21 Å². The van der Waals surface area contributed by atoms with Gasteiger partial charge in [0.25, 0.3) is 6.29 Å². The fourth-order valence-electron chi connectivity index (χ4n) is 1.77. The quantitative estimate of drug-likeness (QED) is 0.859. The highest BCUT2D eigenvalue weighted by Crippen LogP contribution is 2.37. The van der Waals surface area contributed by atoms with Gasteiger partial charge in [-0.25, -0.2) is 0 Å². The molecule has 86 valence electrons. The van der Waals surface area contributed by atoms with Crippen molar-refractivity contribution in [3.63, 3.8) is 0 Å². The summed E-state index contributed by atoms with van der Waals surface area (Å²) in [5.74, 6) is 0.697. The summed E-state index contributed by atoms with van der Waals surface area (Å²) in [4.78, 5) is 5.20. The summed E-state index contributed by atoms with van der Waals surface area (Å²) in [6.45, 7) is 0. The largest absolute Gasteiger partial charge is 0.458 e. The molecule has 0 saturated heterocycles. The van der Waals surface area contributed by atoms with E-state index in [-0.39, 0.29) is 0 Å². The van der Waals surface area contributed by atoms with Crippen LogP contribution in [0, 0.1) is 0 Å². The zero-order valence-corrected chi connectivity index (χ0v) is 8.98. The molecule has 1 unspecified atom stereocenters. The van der Waals surface area contributed by atoms with Gasteiger partial charge in [0.1, 0.15) is 11.4 Å². The summed E-state index contributed by atoms with van der Waals surface area (Å²) >= 11 is 0. The van der Waals surface area contributed by atoms with E-state index in [4.69, 9.17) is 9.57 Å². The Kier molecular flexibility index (Phi) is 2.44. The molecule has 0 fully saturated rings. The smallest absolute Gasteiger partial charge is 0.254 e. The predicted octanol–water partition coefficient (Wildman–Crippen LogP) is 2.91. The predicted molar refractivity (Wildman–Crippen MR) is 61.6 cm³/mol. The fraction of sp³-hybridized carbons (Fsp3) is 0.0769. The van der Waals surface area contributed by atoms with E-state index < -0.39 is 6.29 Å². The highest BCUT2D eigenvalue weighted by Gasteiger charge is 2.30. The van der Waals surface area contributed by atoms with Crippen molar-refractivity contribution in [2.45, 2.75) is 6.29 Å². The van der Waals surface area contributed by atoms with E-state index >= 15 is 0 Å². The Morgan fingerprint density at radius 3 is 2.53 bits per heavy atom. The van der Waals surface area contributed by atoms with Crippen molar-refractivity contribution in [3.8, 4) is 5.75 Å². The number of nitrogens with zero attached hydrogens (tertiary/aromatic N) is 1. The van der Waals surface area contributed by atoms with Crippen molar-refractivity contribution in [1.82, 2.24) is 0 Å². The van der Waals surface area contributed by atoms with Crippen molar-refractivity contribution in [1.29, 1.82) is 0 Å². The number of para-hydroxylation sites is 2. The maximum atomic E-state index is 9.56. The molecule has 0 bridgehead atoms. The van der Waals surface area contributed by atoms with Gasteiger partial charge in [-0.1, -0.05) is 36.4 Å². The maximum absolute atomic E-state index is 9.56. The van der Waals surface area contributed by atoms with E-state index in [1.54, 1.807) is 6.07 Å². The molecule has 1 N–H and O–H groups in total. The number of hydrogen-bond donors (Lipinski definition) is 1. The summed E-state index contributed by atoms with van der Waals surface area (Å²) in [7, 11) is 0. The minimum absolute atomic E-state index is 0.605. The first-order valence-corrected chi connectivity index (χ1v) is 5.31. The third-order valence-corrected chi connectivity index (χ3v) is 2.58. The Labute approximate surface area is 98.5 Å². The third-order valence-electron chi connectivity index (χ3n) is 2.58. The van der Waals surface area contributed by atoms with E-state index in [2.05, 4.69) is 0 Å². The third kappa shape index (κ3) is 1.84. The molecule has 0 amide bonds. The number of hydrogen-bond acceptors (Lipinski definition) is 4. The molecule has 17 heavy (non-hydrogen) atoms. The normalized spacial score (nSPS) is 17.9. The number of anilines is 1. The Hall–Kier alpha value is -2.04. The second-order valence-electron chi connectivity index (χ2n) is 3.70. The zero-order chi connectivity index (χ0) is 11.7. The molecular weight excluding hydrogens is 218 g/mol. The molecule has 0 aromatic heterocycles. The molecule has 2 aromatic carbocycles. The summed E-state index contributed by atoms with van der Waals surface area (Å²) < 4.78 is 5.65. The van der Waals surface area contributed by atoms with Crippen molar-refractivity contribution in [3.05, 3.63) is 60.2 Å². The highest BCUT2D eigenvalue weighted by molar-refractivity contribution is 5.53. The van der Waals surface area contributed by atoms with Crippen LogP contribution in [0.1, 0.15) is 11.9 Å². The number of fused-ring (bicyclic) bond motifs is 1. The molecule has 4 nitrogen and oxygen atoms in total. The first-order valence-electron chi connectivity index (χ1n) is 5.31. The first-order chi connectivity index (χ1) is 8.34. The van der Waals surface area contributed by atoms with Crippen LogP contribution in [0.15, 0.2) is 54.6 Å². The van der Waals surface area contributed by atoms with Crippen LogP contribution in [0.3, 0.4) is 0 Å². The molecule has 0 spiro atoms. The van der Waals surface area contributed by atoms with Gasteiger partial charge in [0.2, 0.25) is 0 Å². The Bertz CT molecular complexity index is 515.